The van der Waals surface area contributed by atoms with E-state index < -0.39 is 23.6 Å². The molecule has 74 valence electrons. The van der Waals surface area contributed by atoms with Gasteiger partial charge in [-0.15, -0.1) is 0 Å². The third-order valence-corrected chi connectivity index (χ3v) is 2.30. The van der Waals surface area contributed by atoms with E-state index in [9.17, 15) is 14.4 Å². The van der Waals surface area contributed by atoms with E-state index in [1.807, 2.05) is 0 Å². The van der Waals surface area contributed by atoms with Crippen molar-refractivity contribution in [2.45, 2.75) is 13.0 Å². The number of aliphatic carboxylic acids is 1. The van der Waals surface area contributed by atoms with Crippen LogP contribution in [0.3, 0.4) is 0 Å². The Morgan fingerprint density at radius 2 is 2.00 bits per heavy atom. The third kappa shape index (κ3) is 5.37. The fraction of sp³-hybridized carbons (Fsp3) is 0.571. The van der Waals surface area contributed by atoms with Gasteiger partial charge in [0.1, 0.15) is 6.04 Å². The van der Waals surface area contributed by atoms with Crippen LogP contribution in [-0.4, -0.2) is 40.2 Å². The number of rotatable bonds is 6. The molecule has 0 saturated carbocycles. The average Bonchev–Trinajstić information content (AvgIpc) is 2.03. The Bertz CT molecular complexity index is 229. The van der Waals surface area contributed by atoms with E-state index in [0.29, 0.717) is 0 Å². The van der Waals surface area contributed by atoms with Crippen LogP contribution in [-0.2, 0) is 14.4 Å². The second kappa shape index (κ2) is 5.71. The number of hydrogen-bond donors (Lipinski definition) is 2. The molecule has 0 aromatic heterocycles. The highest BCUT2D eigenvalue weighted by molar-refractivity contribution is 8.00. The molecule has 0 aliphatic carbocycles. The molecule has 0 saturated heterocycles. The highest BCUT2D eigenvalue weighted by Gasteiger charge is 2.13. The van der Waals surface area contributed by atoms with Crippen molar-refractivity contribution in [2.24, 2.45) is 5.73 Å². The average molecular weight is 205 g/mol. The number of nitrogens with two attached hydrogens (primary N) is 1. The Hall–Kier alpha value is -0.880. The predicted octanol–water partition coefficient (Wildman–Crippen LogP) is -0.710. The molecule has 1 unspecified atom stereocenters. The first-order valence-electron chi connectivity index (χ1n) is 3.55. The van der Waals surface area contributed by atoms with Gasteiger partial charge in [0.15, 0.2) is 5.78 Å². The Balaban J connectivity index is 3.62. The van der Waals surface area contributed by atoms with Gasteiger partial charge >= 0.3 is 5.97 Å². The van der Waals surface area contributed by atoms with Crippen LogP contribution in [0.2, 0.25) is 0 Å². The summed E-state index contributed by atoms with van der Waals surface area (Å²) >= 11 is 1.05. The first-order chi connectivity index (χ1) is 5.95. The summed E-state index contributed by atoms with van der Waals surface area (Å²) in [7, 11) is 0. The summed E-state index contributed by atoms with van der Waals surface area (Å²) in [6.45, 7) is 1.18. The Morgan fingerprint density at radius 1 is 1.46 bits per heavy atom. The zero-order valence-electron chi connectivity index (χ0n) is 7.15. The maximum Gasteiger partial charge on any atom is 0.321 e. The van der Waals surface area contributed by atoms with Gasteiger partial charge in [0.2, 0.25) is 5.78 Å². The van der Waals surface area contributed by atoms with Crippen LogP contribution in [0.1, 0.15) is 6.92 Å². The minimum Gasteiger partial charge on any atom is -0.480 e. The quantitative estimate of drug-likeness (QED) is 0.556. The molecule has 0 spiro atoms. The molecule has 0 heterocycles. The summed E-state index contributed by atoms with van der Waals surface area (Å²) < 4.78 is 0. The summed E-state index contributed by atoms with van der Waals surface area (Å²) in [6, 6.07) is -0.982. The topological polar surface area (TPSA) is 97.5 Å². The fourth-order valence-corrected chi connectivity index (χ4v) is 1.35. The smallest absolute Gasteiger partial charge is 0.321 e. The minimum absolute atomic E-state index is 0.00366. The highest BCUT2D eigenvalue weighted by atomic mass is 32.2. The predicted molar refractivity (Wildman–Crippen MR) is 48.6 cm³/mol. The number of carbonyl (C=O) groups is 3. The van der Waals surface area contributed by atoms with Crippen molar-refractivity contribution in [1.82, 2.24) is 0 Å². The highest BCUT2D eigenvalue weighted by Crippen LogP contribution is 2.02. The molecule has 6 heteroatoms. The van der Waals surface area contributed by atoms with Crippen LogP contribution in [0.25, 0.3) is 0 Å². The molecule has 0 amide bonds. The molecular weight excluding hydrogens is 194 g/mol. The molecule has 0 radical (unpaired) electrons. The first-order valence-corrected chi connectivity index (χ1v) is 4.70. The SMILES string of the molecule is CC(=O)C(=O)CSCC(N)C(=O)O. The molecule has 1 atom stereocenters. The molecule has 0 aliphatic rings. The first kappa shape index (κ1) is 12.1. The molecule has 3 N–H and O–H groups in total. The van der Waals surface area contributed by atoms with Crippen molar-refractivity contribution < 1.29 is 19.5 Å². The van der Waals surface area contributed by atoms with Gasteiger partial charge < -0.3 is 10.8 Å². The van der Waals surface area contributed by atoms with Gasteiger partial charge in [-0.3, -0.25) is 14.4 Å². The molecule has 0 bridgehead atoms. The largest absolute Gasteiger partial charge is 0.480 e. The van der Waals surface area contributed by atoms with E-state index in [4.69, 9.17) is 10.8 Å². The lowest BCUT2D eigenvalue weighted by atomic mass is 10.3. The normalized spacial score (nSPS) is 12.2. The standard InChI is InChI=1S/C7H11NO4S/c1-4(9)6(10)3-13-2-5(8)7(11)12/h5H,2-3,8H2,1H3,(H,11,12). The van der Waals surface area contributed by atoms with Crippen molar-refractivity contribution in [3.8, 4) is 0 Å². The summed E-state index contributed by atoms with van der Waals surface area (Å²) in [5.41, 5.74) is 5.16. The lowest BCUT2D eigenvalue weighted by Crippen LogP contribution is -2.33. The van der Waals surface area contributed by atoms with Gasteiger partial charge in [-0.2, -0.15) is 11.8 Å². The molecule has 0 aromatic rings. The van der Waals surface area contributed by atoms with Crippen LogP contribution in [0, 0.1) is 0 Å². The van der Waals surface area contributed by atoms with Crippen LogP contribution in [0.5, 0.6) is 0 Å². The van der Waals surface area contributed by atoms with E-state index in [1.165, 1.54) is 6.92 Å². The number of ketones is 2. The van der Waals surface area contributed by atoms with Crippen molar-refractivity contribution in [1.29, 1.82) is 0 Å². The number of hydrogen-bond acceptors (Lipinski definition) is 5. The van der Waals surface area contributed by atoms with Crippen LogP contribution < -0.4 is 5.73 Å². The van der Waals surface area contributed by atoms with Gasteiger partial charge in [-0.1, -0.05) is 0 Å². The summed E-state index contributed by atoms with van der Waals surface area (Å²) in [4.78, 5) is 31.4. The van der Waals surface area contributed by atoms with E-state index >= 15 is 0 Å². The van der Waals surface area contributed by atoms with Crippen molar-refractivity contribution >= 4 is 29.3 Å². The van der Waals surface area contributed by atoms with Crippen molar-refractivity contribution in [3.05, 3.63) is 0 Å². The summed E-state index contributed by atoms with van der Waals surface area (Å²) in [5.74, 6) is -2.01. The molecule has 5 nitrogen and oxygen atoms in total. The van der Waals surface area contributed by atoms with Crippen molar-refractivity contribution in [3.63, 3.8) is 0 Å². The Kier molecular flexibility index (Phi) is 5.33. The number of carboxylic acid groups (broad SMARTS) is 1. The number of carbonyl (C=O) groups excluding carboxylic acids is 2. The molecule has 0 rings (SSSR count). The van der Waals surface area contributed by atoms with Crippen LogP contribution >= 0.6 is 11.8 Å². The van der Waals surface area contributed by atoms with Gasteiger partial charge in [0.25, 0.3) is 0 Å². The lowest BCUT2D eigenvalue weighted by molar-refractivity contribution is -0.137. The number of thioether (sulfide) groups is 1. The molecule has 0 fully saturated rings. The van der Waals surface area contributed by atoms with E-state index in [-0.39, 0.29) is 11.5 Å². The monoisotopic (exact) mass is 205 g/mol. The van der Waals surface area contributed by atoms with E-state index in [2.05, 4.69) is 0 Å². The van der Waals surface area contributed by atoms with Gasteiger partial charge in [-0.05, 0) is 0 Å². The maximum absolute atomic E-state index is 10.7. The number of carboxylic acids is 1. The van der Waals surface area contributed by atoms with Gasteiger partial charge in [-0.25, -0.2) is 0 Å². The third-order valence-electron chi connectivity index (χ3n) is 1.24. The molecular formula is C7H11NO4S. The Morgan fingerprint density at radius 3 is 2.38 bits per heavy atom. The van der Waals surface area contributed by atoms with Gasteiger partial charge in [0, 0.05) is 12.7 Å². The second-order valence-corrected chi connectivity index (χ2v) is 3.47. The molecule has 0 aromatic carbocycles. The number of Topliss-reactive ketones (excluding diaryl/α,β-unsaturated/α-hetero) is 2. The zero-order chi connectivity index (χ0) is 10.4. The second-order valence-electron chi connectivity index (χ2n) is 2.44. The van der Waals surface area contributed by atoms with Gasteiger partial charge in [0.05, 0.1) is 5.75 Å². The zero-order valence-corrected chi connectivity index (χ0v) is 7.97. The Labute approximate surface area is 79.7 Å². The van der Waals surface area contributed by atoms with E-state index in [1.54, 1.807) is 0 Å². The van der Waals surface area contributed by atoms with E-state index in [0.717, 1.165) is 11.8 Å². The summed E-state index contributed by atoms with van der Waals surface area (Å²) in [5, 5.41) is 8.37. The fourth-order valence-electron chi connectivity index (χ4n) is 0.452. The van der Waals surface area contributed by atoms with Crippen LogP contribution in [0.4, 0.5) is 0 Å². The summed E-state index contributed by atoms with van der Waals surface area (Å²) in [6.07, 6.45) is 0. The maximum atomic E-state index is 10.7. The molecule has 13 heavy (non-hydrogen) atoms. The van der Waals surface area contributed by atoms with Crippen molar-refractivity contribution in [2.75, 3.05) is 11.5 Å². The minimum atomic E-state index is -1.11. The lowest BCUT2D eigenvalue weighted by Gasteiger charge is -2.03. The van der Waals surface area contributed by atoms with Crippen LogP contribution in [0.15, 0.2) is 0 Å². The molecule has 0 aliphatic heterocycles.